The van der Waals surface area contributed by atoms with E-state index in [4.69, 9.17) is 11.6 Å². The van der Waals surface area contributed by atoms with Gasteiger partial charge in [0.1, 0.15) is 5.03 Å². The highest BCUT2D eigenvalue weighted by atomic mass is 79.9. The van der Waals surface area contributed by atoms with Crippen molar-refractivity contribution in [2.75, 3.05) is 0 Å². The number of benzene rings is 1. The van der Waals surface area contributed by atoms with Gasteiger partial charge in [-0.15, -0.1) is 0 Å². The molecule has 0 aliphatic carbocycles. The summed E-state index contributed by atoms with van der Waals surface area (Å²) in [5.41, 5.74) is 1.34. The molecule has 0 atom stereocenters. The Bertz CT molecular complexity index is 626. The van der Waals surface area contributed by atoms with Gasteiger partial charge in [-0.3, -0.25) is 0 Å². The van der Waals surface area contributed by atoms with E-state index in [0.717, 1.165) is 20.9 Å². The average molecular weight is 386 g/mol. The van der Waals surface area contributed by atoms with E-state index in [9.17, 15) is 0 Å². The predicted molar refractivity (Wildman–Crippen MR) is 94.1 cm³/mol. The Morgan fingerprint density at radius 3 is 2.67 bits per heavy atom. The summed E-state index contributed by atoms with van der Waals surface area (Å²) >= 11 is 11.3. The van der Waals surface area contributed by atoms with E-state index in [2.05, 4.69) is 65.2 Å². The van der Waals surface area contributed by atoms with Gasteiger partial charge in [0.05, 0.1) is 5.02 Å². The zero-order valence-electron chi connectivity index (χ0n) is 12.3. The Hall–Kier alpha value is -0.550. The first-order chi connectivity index (χ1) is 9.85. The van der Waals surface area contributed by atoms with Gasteiger partial charge in [-0.2, -0.15) is 0 Å². The third kappa shape index (κ3) is 5.29. The molecule has 0 fully saturated rings. The van der Waals surface area contributed by atoms with Crippen LogP contribution in [0.5, 0.6) is 0 Å². The van der Waals surface area contributed by atoms with Gasteiger partial charge < -0.3 is 5.32 Å². The SMILES string of the molecule is CC(C)(C)NCc1ccc(Sc2ncccc2Cl)cc1Br. The van der Waals surface area contributed by atoms with Crippen LogP contribution in [0.4, 0.5) is 0 Å². The fourth-order valence-corrected chi connectivity index (χ4v) is 3.38. The van der Waals surface area contributed by atoms with Gasteiger partial charge in [-0.25, -0.2) is 4.98 Å². The summed E-state index contributed by atoms with van der Waals surface area (Å²) in [6, 6.07) is 10.0. The molecular weight excluding hydrogens is 368 g/mol. The quantitative estimate of drug-likeness (QED) is 0.748. The van der Waals surface area contributed by atoms with Crippen molar-refractivity contribution >= 4 is 39.3 Å². The van der Waals surface area contributed by atoms with Crippen LogP contribution in [0.3, 0.4) is 0 Å². The van der Waals surface area contributed by atoms with Crippen molar-refractivity contribution in [2.45, 2.75) is 42.8 Å². The fourth-order valence-electron chi connectivity index (χ4n) is 1.65. The number of halogens is 2. The van der Waals surface area contributed by atoms with Crippen molar-refractivity contribution in [1.82, 2.24) is 10.3 Å². The fraction of sp³-hybridized carbons (Fsp3) is 0.312. The van der Waals surface area contributed by atoms with E-state index in [-0.39, 0.29) is 5.54 Å². The molecule has 0 aliphatic heterocycles. The molecular formula is C16H18BrClN2S. The number of hydrogen-bond acceptors (Lipinski definition) is 3. The zero-order chi connectivity index (χ0) is 15.5. The van der Waals surface area contributed by atoms with E-state index in [1.807, 2.05) is 12.1 Å². The molecule has 0 unspecified atom stereocenters. The number of hydrogen-bond donors (Lipinski definition) is 1. The largest absolute Gasteiger partial charge is 0.308 e. The zero-order valence-corrected chi connectivity index (χ0v) is 15.4. The first-order valence-corrected chi connectivity index (χ1v) is 8.66. The van der Waals surface area contributed by atoms with Crippen LogP contribution in [0.25, 0.3) is 0 Å². The van der Waals surface area contributed by atoms with Crippen LogP contribution in [0.1, 0.15) is 26.3 Å². The molecule has 0 saturated heterocycles. The topological polar surface area (TPSA) is 24.9 Å². The molecule has 1 heterocycles. The molecule has 0 bridgehead atoms. The van der Waals surface area contributed by atoms with E-state index in [0.29, 0.717) is 5.02 Å². The number of pyridine rings is 1. The molecule has 0 radical (unpaired) electrons. The summed E-state index contributed by atoms with van der Waals surface area (Å²) < 4.78 is 1.09. The minimum atomic E-state index is 0.106. The molecule has 2 aromatic rings. The lowest BCUT2D eigenvalue weighted by Crippen LogP contribution is -2.35. The van der Waals surface area contributed by atoms with Crippen molar-refractivity contribution in [3.63, 3.8) is 0 Å². The third-order valence-electron chi connectivity index (χ3n) is 2.77. The molecule has 5 heteroatoms. The molecule has 0 aliphatic rings. The Balaban J connectivity index is 2.10. The maximum atomic E-state index is 6.14. The summed E-state index contributed by atoms with van der Waals surface area (Å²) in [7, 11) is 0. The molecule has 0 saturated carbocycles. The van der Waals surface area contributed by atoms with E-state index in [1.54, 1.807) is 18.0 Å². The first kappa shape index (κ1) is 16.8. The minimum Gasteiger partial charge on any atom is -0.308 e. The number of aromatic nitrogens is 1. The maximum absolute atomic E-state index is 6.14. The lowest BCUT2D eigenvalue weighted by Gasteiger charge is -2.21. The van der Waals surface area contributed by atoms with Crippen molar-refractivity contribution in [2.24, 2.45) is 0 Å². The molecule has 0 spiro atoms. The number of rotatable bonds is 4. The van der Waals surface area contributed by atoms with E-state index >= 15 is 0 Å². The van der Waals surface area contributed by atoms with E-state index in [1.165, 1.54) is 5.56 Å². The van der Waals surface area contributed by atoms with Crippen LogP contribution in [-0.4, -0.2) is 10.5 Å². The highest BCUT2D eigenvalue weighted by Crippen LogP contribution is 2.33. The Morgan fingerprint density at radius 2 is 2.05 bits per heavy atom. The second-order valence-corrected chi connectivity index (χ2v) is 8.07. The minimum absolute atomic E-state index is 0.106. The lowest BCUT2D eigenvalue weighted by molar-refractivity contribution is 0.424. The van der Waals surface area contributed by atoms with Crippen molar-refractivity contribution in [1.29, 1.82) is 0 Å². The second-order valence-electron chi connectivity index (χ2n) is 5.75. The Kier molecular flexibility index (Phi) is 5.72. The highest BCUT2D eigenvalue weighted by Gasteiger charge is 2.11. The smallest absolute Gasteiger partial charge is 0.119 e. The van der Waals surface area contributed by atoms with E-state index < -0.39 is 0 Å². The third-order valence-corrected chi connectivity index (χ3v) is 4.94. The van der Waals surface area contributed by atoms with Gasteiger partial charge in [0.15, 0.2) is 0 Å². The molecule has 1 aromatic heterocycles. The first-order valence-electron chi connectivity index (χ1n) is 6.67. The van der Waals surface area contributed by atoms with Crippen LogP contribution in [0.15, 0.2) is 50.9 Å². The molecule has 2 nitrogen and oxygen atoms in total. The number of nitrogens with one attached hydrogen (secondary N) is 1. The molecule has 1 aromatic carbocycles. The second kappa shape index (κ2) is 7.14. The molecule has 112 valence electrons. The summed E-state index contributed by atoms with van der Waals surface area (Å²) in [6.07, 6.45) is 1.75. The van der Waals surface area contributed by atoms with Crippen LogP contribution in [0, 0.1) is 0 Å². The van der Waals surface area contributed by atoms with Crippen molar-refractivity contribution in [3.05, 3.63) is 51.6 Å². The lowest BCUT2D eigenvalue weighted by atomic mass is 10.1. The molecule has 0 amide bonds. The normalized spacial score (nSPS) is 11.7. The Labute approximate surface area is 143 Å². The van der Waals surface area contributed by atoms with Crippen LogP contribution in [0.2, 0.25) is 5.02 Å². The average Bonchev–Trinajstić information content (AvgIpc) is 2.39. The van der Waals surface area contributed by atoms with Gasteiger partial charge in [0.2, 0.25) is 0 Å². The standard InChI is InChI=1S/C16H18BrClN2S/c1-16(2,3)20-10-11-6-7-12(9-13(11)17)21-15-14(18)5-4-8-19-15/h4-9,20H,10H2,1-3H3. The predicted octanol–water partition coefficient (Wildman–Crippen LogP) is 5.54. The number of nitrogens with zero attached hydrogens (tertiary/aromatic N) is 1. The molecule has 1 N–H and O–H groups in total. The van der Waals surface area contributed by atoms with Gasteiger partial charge in [0, 0.05) is 27.6 Å². The summed E-state index contributed by atoms with van der Waals surface area (Å²) in [6.45, 7) is 7.32. The Morgan fingerprint density at radius 1 is 1.29 bits per heavy atom. The van der Waals surface area contributed by atoms with Crippen LogP contribution >= 0.6 is 39.3 Å². The summed E-state index contributed by atoms with van der Waals surface area (Å²) in [4.78, 5) is 5.41. The van der Waals surface area contributed by atoms with Crippen molar-refractivity contribution < 1.29 is 0 Å². The summed E-state index contributed by atoms with van der Waals surface area (Å²) in [5, 5.41) is 4.99. The van der Waals surface area contributed by atoms with Gasteiger partial charge in [-0.1, -0.05) is 45.4 Å². The van der Waals surface area contributed by atoms with Crippen molar-refractivity contribution in [3.8, 4) is 0 Å². The molecule has 21 heavy (non-hydrogen) atoms. The van der Waals surface area contributed by atoms with Gasteiger partial charge in [-0.05, 0) is 50.6 Å². The van der Waals surface area contributed by atoms with Crippen LogP contribution < -0.4 is 5.32 Å². The van der Waals surface area contributed by atoms with Crippen LogP contribution in [-0.2, 0) is 6.54 Å². The monoisotopic (exact) mass is 384 g/mol. The molecule has 2 rings (SSSR count). The summed E-state index contributed by atoms with van der Waals surface area (Å²) in [5.74, 6) is 0. The maximum Gasteiger partial charge on any atom is 0.119 e. The van der Waals surface area contributed by atoms with Gasteiger partial charge in [0.25, 0.3) is 0 Å². The highest BCUT2D eigenvalue weighted by molar-refractivity contribution is 9.10. The van der Waals surface area contributed by atoms with Gasteiger partial charge >= 0.3 is 0 Å².